The molecule has 0 heterocycles. The standard InChI is InChI=1S/C17H12Br2O7.H3N/c1-25-14-9(16(21)22)3-7(5-11(14)18)13(20)8-4-10(17(23)24)15(26-2)12(19)6-8;/h3-6H,1-2H3,(H,21,22)(H,23,24);1H3. The van der Waals surface area contributed by atoms with Crippen molar-refractivity contribution in [3.8, 4) is 11.5 Å². The number of benzene rings is 2. The Balaban J connectivity index is 0.00000364. The average Bonchev–Trinajstić information content (AvgIpc) is 2.59. The van der Waals surface area contributed by atoms with Crippen molar-refractivity contribution in [2.45, 2.75) is 0 Å². The molecule has 0 aliphatic heterocycles. The molecule has 0 bridgehead atoms. The summed E-state index contributed by atoms with van der Waals surface area (Å²) in [5.41, 5.74) is -0.278. The van der Waals surface area contributed by atoms with Gasteiger partial charge in [0.1, 0.15) is 22.6 Å². The monoisotopic (exact) mass is 503 g/mol. The van der Waals surface area contributed by atoms with Crippen molar-refractivity contribution in [3.63, 3.8) is 0 Å². The molecule has 5 N–H and O–H groups in total. The van der Waals surface area contributed by atoms with Gasteiger partial charge in [-0.2, -0.15) is 0 Å². The van der Waals surface area contributed by atoms with Gasteiger partial charge < -0.3 is 25.8 Å². The van der Waals surface area contributed by atoms with E-state index in [9.17, 15) is 24.6 Å². The van der Waals surface area contributed by atoms with Crippen molar-refractivity contribution in [1.29, 1.82) is 0 Å². The normalized spacial score (nSPS) is 9.93. The minimum Gasteiger partial charge on any atom is -0.495 e. The molecule has 0 aliphatic carbocycles. The van der Waals surface area contributed by atoms with Gasteiger partial charge in [0.15, 0.2) is 5.78 Å². The fourth-order valence-corrected chi connectivity index (χ4v) is 3.59. The van der Waals surface area contributed by atoms with Gasteiger partial charge in [-0.05, 0) is 56.1 Å². The summed E-state index contributed by atoms with van der Waals surface area (Å²) in [6.07, 6.45) is 0. The molecule has 0 saturated carbocycles. The molecule has 0 amide bonds. The third-order valence-electron chi connectivity index (χ3n) is 3.48. The van der Waals surface area contributed by atoms with Crippen molar-refractivity contribution in [3.05, 3.63) is 55.5 Å². The summed E-state index contributed by atoms with van der Waals surface area (Å²) in [7, 11) is 2.63. The largest absolute Gasteiger partial charge is 0.495 e. The number of carboxylic acid groups (broad SMARTS) is 2. The first-order valence-electron chi connectivity index (χ1n) is 6.97. The molecule has 0 saturated heterocycles. The number of hydrogen-bond acceptors (Lipinski definition) is 6. The lowest BCUT2D eigenvalue weighted by atomic mass is 9.99. The summed E-state index contributed by atoms with van der Waals surface area (Å²) in [5.74, 6) is -2.92. The minimum atomic E-state index is -1.26. The molecular weight excluding hydrogens is 490 g/mol. The number of carbonyl (C=O) groups is 3. The lowest BCUT2D eigenvalue weighted by Gasteiger charge is -2.12. The SMILES string of the molecule is COc1c(Br)cc(C(=O)c2cc(Br)c(OC)c(C(=O)O)c2)cc1C(=O)O.N. The Bertz CT molecular complexity index is 854. The first kappa shape index (κ1) is 22.6. The van der Waals surface area contributed by atoms with Crippen LogP contribution in [0.5, 0.6) is 11.5 Å². The van der Waals surface area contributed by atoms with Crippen LogP contribution in [0.4, 0.5) is 0 Å². The maximum Gasteiger partial charge on any atom is 0.339 e. The van der Waals surface area contributed by atoms with E-state index in [0.29, 0.717) is 0 Å². The van der Waals surface area contributed by atoms with Crippen LogP contribution in [-0.4, -0.2) is 42.2 Å². The Kier molecular flexibility index (Phi) is 7.52. The van der Waals surface area contributed by atoms with Crippen LogP contribution in [0, 0.1) is 0 Å². The molecule has 8 nitrogen and oxygen atoms in total. The van der Waals surface area contributed by atoms with E-state index in [4.69, 9.17) is 9.47 Å². The Morgan fingerprint density at radius 3 is 1.37 bits per heavy atom. The summed E-state index contributed by atoms with van der Waals surface area (Å²) in [5, 5.41) is 18.6. The van der Waals surface area contributed by atoms with Gasteiger partial charge in [0, 0.05) is 11.1 Å². The van der Waals surface area contributed by atoms with E-state index < -0.39 is 17.7 Å². The first-order valence-corrected chi connectivity index (χ1v) is 8.56. The van der Waals surface area contributed by atoms with Crippen LogP contribution in [0.3, 0.4) is 0 Å². The quantitative estimate of drug-likeness (QED) is 0.500. The van der Waals surface area contributed by atoms with Crippen LogP contribution >= 0.6 is 31.9 Å². The molecule has 0 fully saturated rings. The molecule has 2 aromatic carbocycles. The fraction of sp³-hybridized carbons (Fsp3) is 0.118. The number of hydrogen-bond donors (Lipinski definition) is 3. The summed E-state index contributed by atoms with van der Waals surface area (Å²) < 4.78 is 10.6. The lowest BCUT2D eigenvalue weighted by Crippen LogP contribution is -2.09. The third-order valence-corrected chi connectivity index (χ3v) is 4.66. The summed E-state index contributed by atoms with van der Waals surface area (Å²) in [6.45, 7) is 0. The zero-order chi connectivity index (χ0) is 19.6. The molecule has 2 rings (SSSR count). The van der Waals surface area contributed by atoms with Crippen LogP contribution in [0.1, 0.15) is 36.6 Å². The van der Waals surface area contributed by atoms with Crippen LogP contribution in [0.15, 0.2) is 33.2 Å². The van der Waals surface area contributed by atoms with Crippen LogP contribution in [0.25, 0.3) is 0 Å². The maximum atomic E-state index is 12.8. The molecule has 0 spiro atoms. The fourth-order valence-electron chi connectivity index (χ4n) is 2.35. The minimum absolute atomic E-state index is 0. The van der Waals surface area contributed by atoms with Gasteiger partial charge in [-0.15, -0.1) is 0 Å². The van der Waals surface area contributed by atoms with E-state index >= 15 is 0 Å². The number of carboxylic acids is 2. The van der Waals surface area contributed by atoms with E-state index in [-0.39, 0.29) is 48.8 Å². The van der Waals surface area contributed by atoms with E-state index in [0.717, 1.165) is 0 Å². The van der Waals surface area contributed by atoms with Crippen LogP contribution < -0.4 is 15.6 Å². The summed E-state index contributed by atoms with van der Waals surface area (Å²) >= 11 is 6.36. The molecule has 27 heavy (non-hydrogen) atoms. The zero-order valence-electron chi connectivity index (χ0n) is 14.2. The molecular formula is C17H15Br2NO7. The molecule has 0 radical (unpaired) electrons. The Morgan fingerprint density at radius 2 is 1.11 bits per heavy atom. The number of methoxy groups -OCH3 is 2. The molecule has 0 aromatic heterocycles. The lowest BCUT2D eigenvalue weighted by molar-refractivity contribution is 0.0682. The molecule has 0 unspecified atom stereocenters. The number of carbonyl (C=O) groups excluding carboxylic acids is 1. The summed E-state index contributed by atoms with van der Waals surface area (Å²) in [6, 6.07) is 5.16. The molecule has 0 atom stereocenters. The molecule has 10 heteroatoms. The average molecular weight is 505 g/mol. The predicted octanol–water partition coefficient (Wildman–Crippen LogP) is 4.02. The molecule has 2 aromatic rings. The van der Waals surface area contributed by atoms with Gasteiger partial charge in [0.25, 0.3) is 0 Å². The Labute approximate surface area is 170 Å². The smallest absolute Gasteiger partial charge is 0.339 e. The first-order chi connectivity index (χ1) is 12.2. The molecule has 144 valence electrons. The van der Waals surface area contributed by atoms with Crippen LogP contribution in [0.2, 0.25) is 0 Å². The highest BCUT2D eigenvalue weighted by Crippen LogP contribution is 2.34. The number of ether oxygens (including phenoxy) is 2. The van der Waals surface area contributed by atoms with E-state index in [1.54, 1.807) is 0 Å². The van der Waals surface area contributed by atoms with E-state index in [1.165, 1.54) is 38.5 Å². The highest BCUT2D eigenvalue weighted by atomic mass is 79.9. The van der Waals surface area contributed by atoms with Gasteiger partial charge in [0.05, 0.1) is 23.2 Å². The Morgan fingerprint density at radius 1 is 0.778 bits per heavy atom. The van der Waals surface area contributed by atoms with Gasteiger partial charge in [-0.25, -0.2) is 9.59 Å². The number of ketones is 1. The highest BCUT2D eigenvalue weighted by Gasteiger charge is 2.23. The topological polar surface area (TPSA) is 145 Å². The Hall–Kier alpha value is -2.43. The second-order valence-corrected chi connectivity index (χ2v) is 6.73. The van der Waals surface area contributed by atoms with Gasteiger partial charge in [-0.1, -0.05) is 0 Å². The number of rotatable bonds is 6. The van der Waals surface area contributed by atoms with Crippen molar-refractivity contribution in [2.75, 3.05) is 14.2 Å². The summed E-state index contributed by atoms with van der Waals surface area (Å²) in [4.78, 5) is 35.6. The van der Waals surface area contributed by atoms with E-state index in [1.807, 2.05) is 0 Å². The van der Waals surface area contributed by atoms with Gasteiger partial charge >= 0.3 is 11.9 Å². The van der Waals surface area contributed by atoms with E-state index in [2.05, 4.69) is 31.9 Å². The maximum absolute atomic E-state index is 12.8. The van der Waals surface area contributed by atoms with Gasteiger partial charge in [0.2, 0.25) is 0 Å². The van der Waals surface area contributed by atoms with Gasteiger partial charge in [-0.3, -0.25) is 4.79 Å². The third kappa shape index (κ3) is 4.46. The predicted molar refractivity (Wildman–Crippen MR) is 104 cm³/mol. The van der Waals surface area contributed by atoms with Crippen molar-refractivity contribution in [1.82, 2.24) is 6.15 Å². The zero-order valence-corrected chi connectivity index (χ0v) is 17.4. The van der Waals surface area contributed by atoms with Crippen molar-refractivity contribution < 1.29 is 34.1 Å². The van der Waals surface area contributed by atoms with Crippen molar-refractivity contribution >= 4 is 49.6 Å². The second kappa shape index (κ2) is 8.98. The second-order valence-electron chi connectivity index (χ2n) is 5.02. The number of aromatic carboxylic acids is 2. The molecule has 0 aliphatic rings. The highest BCUT2D eigenvalue weighted by molar-refractivity contribution is 9.11. The van der Waals surface area contributed by atoms with Crippen molar-refractivity contribution in [2.24, 2.45) is 0 Å². The van der Waals surface area contributed by atoms with Crippen LogP contribution in [-0.2, 0) is 0 Å². The number of halogens is 2.